The lowest BCUT2D eigenvalue weighted by molar-refractivity contribution is 0.0930. The zero-order valence-corrected chi connectivity index (χ0v) is 11.1. The van der Waals surface area contributed by atoms with E-state index in [-0.39, 0.29) is 17.4 Å². The fourth-order valence-electron chi connectivity index (χ4n) is 1.69. The molecule has 5 nitrogen and oxygen atoms in total. The highest BCUT2D eigenvalue weighted by Crippen LogP contribution is 2.14. The first-order valence-corrected chi connectivity index (χ1v) is 5.73. The van der Waals surface area contributed by atoms with Crippen LogP contribution in [0.2, 0.25) is 0 Å². The van der Waals surface area contributed by atoms with Crippen LogP contribution in [0, 0.1) is 5.82 Å². The Bertz CT molecular complexity index is 423. The zero-order valence-electron chi connectivity index (χ0n) is 11.1. The number of hydrogen-bond acceptors (Lipinski definition) is 4. The van der Waals surface area contributed by atoms with Crippen molar-refractivity contribution in [1.29, 1.82) is 0 Å². The molecule has 0 aliphatic heterocycles. The van der Waals surface area contributed by atoms with Crippen molar-refractivity contribution in [3.8, 4) is 0 Å². The van der Waals surface area contributed by atoms with E-state index >= 15 is 0 Å². The van der Waals surface area contributed by atoms with E-state index < -0.39 is 11.7 Å². The van der Waals surface area contributed by atoms with Gasteiger partial charge in [-0.2, -0.15) is 0 Å². The second-order valence-corrected chi connectivity index (χ2v) is 4.41. The average Bonchev–Trinajstić information content (AvgIpc) is 2.27. The summed E-state index contributed by atoms with van der Waals surface area (Å²) in [6.45, 7) is 2.56. The molecule has 1 unspecified atom stereocenters. The van der Waals surface area contributed by atoms with Gasteiger partial charge in [0.2, 0.25) is 0 Å². The standard InChI is InChI=1S/C12H19FN4O/c1-8(7-17(3)4)16-12(18)9-5-6-15-11(14-2)10(9)13/h5-6,8H,7H2,1-4H3,(H,14,15)(H,16,18). The number of rotatable bonds is 5. The third-order valence-corrected chi connectivity index (χ3v) is 2.39. The van der Waals surface area contributed by atoms with Gasteiger partial charge in [-0.1, -0.05) is 0 Å². The van der Waals surface area contributed by atoms with Gasteiger partial charge in [-0.05, 0) is 27.1 Å². The summed E-state index contributed by atoms with van der Waals surface area (Å²) < 4.78 is 13.8. The summed E-state index contributed by atoms with van der Waals surface area (Å²) in [5, 5.41) is 5.35. The quantitative estimate of drug-likeness (QED) is 0.821. The molecular weight excluding hydrogens is 235 g/mol. The molecule has 1 rings (SSSR count). The SMILES string of the molecule is CNc1nccc(C(=O)NC(C)CN(C)C)c1F. The normalized spacial score (nSPS) is 12.3. The first-order chi connectivity index (χ1) is 8.45. The summed E-state index contributed by atoms with van der Waals surface area (Å²) >= 11 is 0. The molecule has 1 amide bonds. The van der Waals surface area contributed by atoms with E-state index in [1.807, 2.05) is 25.9 Å². The molecule has 0 aromatic carbocycles. The highest BCUT2D eigenvalue weighted by atomic mass is 19.1. The molecule has 1 atom stereocenters. The van der Waals surface area contributed by atoms with Gasteiger partial charge in [0.25, 0.3) is 5.91 Å². The Hall–Kier alpha value is -1.69. The summed E-state index contributed by atoms with van der Waals surface area (Å²) in [6.07, 6.45) is 1.40. The van der Waals surface area contributed by atoms with Crippen LogP contribution in [0.15, 0.2) is 12.3 Å². The topological polar surface area (TPSA) is 57.3 Å². The van der Waals surface area contributed by atoms with Crippen LogP contribution in [-0.4, -0.2) is 49.5 Å². The van der Waals surface area contributed by atoms with Crippen molar-refractivity contribution < 1.29 is 9.18 Å². The number of pyridine rings is 1. The Morgan fingerprint density at radius 1 is 1.56 bits per heavy atom. The van der Waals surface area contributed by atoms with Crippen LogP contribution in [0.5, 0.6) is 0 Å². The zero-order chi connectivity index (χ0) is 13.7. The minimum absolute atomic E-state index is 0.0000406. The number of likely N-dealkylation sites (N-methyl/N-ethyl adjacent to an activating group) is 1. The number of amides is 1. The Kier molecular flexibility index (Phi) is 5.03. The van der Waals surface area contributed by atoms with Gasteiger partial charge in [0.15, 0.2) is 11.6 Å². The van der Waals surface area contributed by atoms with E-state index in [1.165, 1.54) is 12.3 Å². The molecule has 0 aliphatic rings. The molecule has 0 saturated heterocycles. The third-order valence-electron chi connectivity index (χ3n) is 2.39. The lowest BCUT2D eigenvalue weighted by Crippen LogP contribution is -2.39. The number of aromatic nitrogens is 1. The van der Waals surface area contributed by atoms with E-state index in [1.54, 1.807) is 7.05 Å². The average molecular weight is 254 g/mol. The number of anilines is 1. The molecule has 0 spiro atoms. The fraction of sp³-hybridized carbons (Fsp3) is 0.500. The fourth-order valence-corrected chi connectivity index (χ4v) is 1.69. The van der Waals surface area contributed by atoms with Gasteiger partial charge in [-0.25, -0.2) is 9.37 Å². The molecule has 0 saturated carbocycles. The summed E-state index contributed by atoms with van der Waals surface area (Å²) in [5.74, 6) is -0.988. The smallest absolute Gasteiger partial charge is 0.254 e. The lowest BCUT2D eigenvalue weighted by atomic mass is 10.2. The summed E-state index contributed by atoms with van der Waals surface area (Å²) in [5.41, 5.74) is -0.0000406. The molecule has 1 aromatic rings. The molecule has 1 aromatic heterocycles. The Morgan fingerprint density at radius 3 is 2.78 bits per heavy atom. The van der Waals surface area contributed by atoms with Crippen LogP contribution in [-0.2, 0) is 0 Å². The van der Waals surface area contributed by atoms with Crippen molar-refractivity contribution in [2.24, 2.45) is 0 Å². The van der Waals surface area contributed by atoms with E-state index in [4.69, 9.17) is 0 Å². The summed E-state index contributed by atoms with van der Waals surface area (Å²) in [4.78, 5) is 17.6. The predicted molar refractivity (Wildman–Crippen MR) is 69.2 cm³/mol. The lowest BCUT2D eigenvalue weighted by Gasteiger charge is -2.18. The van der Waals surface area contributed by atoms with Gasteiger partial charge >= 0.3 is 0 Å². The molecule has 100 valence electrons. The first kappa shape index (κ1) is 14.4. The van der Waals surface area contributed by atoms with Gasteiger partial charge in [-0.3, -0.25) is 4.79 Å². The Labute approximate surface area is 106 Å². The number of nitrogens with zero attached hydrogens (tertiary/aromatic N) is 2. The van der Waals surface area contributed by atoms with Crippen molar-refractivity contribution in [3.63, 3.8) is 0 Å². The molecule has 18 heavy (non-hydrogen) atoms. The van der Waals surface area contributed by atoms with Gasteiger partial charge < -0.3 is 15.5 Å². The van der Waals surface area contributed by atoms with E-state index in [9.17, 15) is 9.18 Å². The van der Waals surface area contributed by atoms with Gasteiger partial charge in [-0.15, -0.1) is 0 Å². The van der Waals surface area contributed by atoms with Crippen LogP contribution in [0.3, 0.4) is 0 Å². The molecule has 2 N–H and O–H groups in total. The summed E-state index contributed by atoms with van der Waals surface area (Å²) in [7, 11) is 5.38. The highest BCUT2D eigenvalue weighted by Gasteiger charge is 2.17. The molecule has 0 aliphatic carbocycles. The van der Waals surface area contributed by atoms with Crippen molar-refractivity contribution in [1.82, 2.24) is 15.2 Å². The first-order valence-electron chi connectivity index (χ1n) is 5.73. The van der Waals surface area contributed by atoms with Crippen LogP contribution in [0.1, 0.15) is 17.3 Å². The number of halogens is 1. The monoisotopic (exact) mass is 254 g/mol. The van der Waals surface area contributed by atoms with Crippen molar-refractivity contribution in [3.05, 3.63) is 23.6 Å². The van der Waals surface area contributed by atoms with Gasteiger partial charge in [0, 0.05) is 25.8 Å². The van der Waals surface area contributed by atoms with Gasteiger partial charge in [0.05, 0.1) is 5.56 Å². The van der Waals surface area contributed by atoms with Crippen molar-refractivity contribution in [2.45, 2.75) is 13.0 Å². The number of carbonyl (C=O) groups excluding carboxylic acids is 1. The molecule has 6 heteroatoms. The second kappa shape index (κ2) is 6.30. The predicted octanol–water partition coefficient (Wildman–Crippen LogP) is 0.942. The van der Waals surface area contributed by atoms with Crippen LogP contribution >= 0.6 is 0 Å². The number of carbonyl (C=O) groups is 1. The van der Waals surface area contributed by atoms with Crippen molar-refractivity contribution in [2.75, 3.05) is 33.0 Å². The molecule has 1 heterocycles. The van der Waals surface area contributed by atoms with E-state index in [0.29, 0.717) is 6.54 Å². The number of hydrogen-bond donors (Lipinski definition) is 2. The Morgan fingerprint density at radius 2 is 2.22 bits per heavy atom. The number of nitrogens with one attached hydrogen (secondary N) is 2. The largest absolute Gasteiger partial charge is 0.371 e. The van der Waals surface area contributed by atoms with Crippen LogP contribution in [0.25, 0.3) is 0 Å². The minimum atomic E-state index is -0.630. The maximum Gasteiger partial charge on any atom is 0.254 e. The second-order valence-electron chi connectivity index (χ2n) is 4.41. The maximum absolute atomic E-state index is 13.8. The van der Waals surface area contributed by atoms with Crippen molar-refractivity contribution >= 4 is 11.7 Å². The van der Waals surface area contributed by atoms with Gasteiger partial charge in [0.1, 0.15) is 0 Å². The highest BCUT2D eigenvalue weighted by molar-refractivity contribution is 5.95. The Balaban J connectivity index is 2.78. The van der Waals surface area contributed by atoms with E-state index in [2.05, 4.69) is 15.6 Å². The molecular formula is C12H19FN4O. The third kappa shape index (κ3) is 3.66. The summed E-state index contributed by atoms with van der Waals surface area (Å²) in [6, 6.07) is 1.31. The van der Waals surface area contributed by atoms with Crippen LogP contribution < -0.4 is 10.6 Å². The van der Waals surface area contributed by atoms with E-state index in [0.717, 1.165) is 0 Å². The molecule has 0 bridgehead atoms. The molecule has 0 radical (unpaired) electrons. The minimum Gasteiger partial charge on any atom is -0.371 e. The molecule has 0 fully saturated rings. The van der Waals surface area contributed by atoms with Crippen LogP contribution in [0.4, 0.5) is 10.2 Å². The maximum atomic E-state index is 13.8.